The van der Waals surface area contributed by atoms with E-state index in [-0.39, 0.29) is 10.6 Å². The molecular formula is C12H12BrClFN3. The van der Waals surface area contributed by atoms with Gasteiger partial charge in [-0.1, -0.05) is 45.7 Å². The second kappa shape index (κ2) is 5.80. The molecule has 0 saturated carbocycles. The standard InChI is InChI=1S/C12H12BrClFN3/c1-2-10(13)12-7-18(17-16-12)6-8-3-4-9(14)5-11(8)15/h3-5,7,10H,2,6H2,1H3. The minimum atomic E-state index is -0.328. The molecule has 1 unspecified atom stereocenters. The lowest BCUT2D eigenvalue weighted by atomic mass is 10.2. The second-order valence-electron chi connectivity index (χ2n) is 3.95. The van der Waals surface area contributed by atoms with E-state index in [4.69, 9.17) is 11.6 Å². The van der Waals surface area contributed by atoms with Crippen LogP contribution in [-0.4, -0.2) is 15.0 Å². The molecule has 1 aromatic carbocycles. The highest BCUT2D eigenvalue weighted by Gasteiger charge is 2.11. The van der Waals surface area contributed by atoms with Gasteiger partial charge in [-0.2, -0.15) is 0 Å². The smallest absolute Gasteiger partial charge is 0.129 e. The lowest BCUT2D eigenvalue weighted by molar-refractivity contribution is 0.577. The summed E-state index contributed by atoms with van der Waals surface area (Å²) in [5.41, 5.74) is 1.39. The molecule has 0 aliphatic rings. The highest BCUT2D eigenvalue weighted by molar-refractivity contribution is 9.09. The van der Waals surface area contributed by atoms with E-state index in [1.165, 1.54) is 6.07 Å². The summed E-state index contributed by atoms with van der Waals surface area (Å²) in [5.74, 6) is -0.328. The largest absolute Gasteiger partial charge is 0.248 e. The molecule has 0 spiro atoms. The van der Waals surface area contributed by atoms with Gasteiger partial charge in [0, 0.05) is 16.8 Å². The summed E-state index contributed by atoms with van der Waals surface area (Å²) in [7, 11) is 0. The molecule has 1 atom stereocenters. The molecule has 0 fully saturated rings. The van der Waals surface area contributed by atoms with Crippen molar-refractivity contribution in [3.05, 3.63) is 46.5 Å². The van der Waals surface area contributed by atoms with Crippen LogP contribution in [0.2, 0.25) is 5.02 Å². The average molecular weight is 333 g/mol. The molecular weight excluding hydrogens is 321 g/mol. The Morgan fingerprint density at radius 2 is 2.28 bits per heavy atom. The Kier molecular flexibility index (Phi) is 4.35. The van der Waals surface area contributed by atoms with Crippen molar-refractivity contribution in [1.29, 1.82) is 0 Å². The van der Waals surface area contributed by atoms with Gasteiger partial charge in [-0.15, -0.1) is 5.10 Å². The van der Waals surface area contributed by atoms with Gasteiger partial charge in [0.1, 0.15) is 5.82 Å². The number of benzene rings is 1. The Bertz CT molecular complexity index is 544. The first kappa shape index (κ1) is 13.5. The van der Waals surface area contributed by atoms with E-state index in [9.17, 15) is 4.39 Å². The Balaban J connectivity index is 2.16. The predicted octanol–water partition coefficient (Wildman–Crippen LogP) is 3.96. The SMILES string of the molecule is CCC(Br)c1cn(Cc2ccc(Cl)cc2F)nn1. The quantitative estimate of drug-likeness (QED) is 0.793. The second-order valence-corrected chi connectivity index (χ2v) is 5.49. The topological polar surface area (TPSA) is 30.7 Å². The van der Waals surface area contributed by atoms with Gasteiger partial charge in [0.15, 0.2) is 0 Å². The van der Waals surface area contributed by atoms with Crippen LogP contribution < -0.4 is 0 Å². The molecule has 0 aliphatic carbocycles. The van der Waals surface area contributed by atoms with Crippen molar-refractivity contribution in [2.24, 2.45) is 0 Å². The third kappa shape index (κ3) is 3.09. The Hall–Kier alpha value is -0.940. The number of halogens is 3. The van der Waals surface area contributed by atoms with Gasteiger partial charge in [-0.3, -0.25) is 0 Å². The van der Waals surface area contributed by atoms with Crippen molar-refractivity contribution in [2.45, 2.75) is 24.7 Å². The van der Waals surface area contributed by atoms with Crippen molar-refractivity contribution < 1.29 is 4.39 Å². The maximum Gasteiger partial charge on any atom is 0.129 e. The van der Waals surface area contributed by atoms with E-state index in [0.717, 1.165) is 12.1 Å². The first-order valence-electron chi connectivity index (χ1n) is 5.58. The minimum absolute atomic E-state index is 0.182. The van der Waals surface area contributed by atoms with Crippen molar-refractivity contribution in [1.82, 2.24) is 15.0 Å². The normalized spacial score (nSPS) is 12.7. The summed E-state index contributed by atoms with van der Waals surface area (Å²) >= 11 is 9.20. The Morgan fingerprint density at radius 1 is 1.50 bits per heavy atom. The van der Waals surface area contributed by atoms with Crippen LogP contribution in [0.25, 0.3) is 0 Å². The average Bonchev–Trinajstić information content (AvgIpc) is 2.80. The van der Waals surface area contributed by atoms with Crippen LogP contribution in [0.5, 0.6) is 0 Å². The fourth-order valence-electron chi connectivity index (χ4n) is 1.57. The maximum absolute atomic E-state index is 13.6. The zero-order chi connectivity index (χ0) is 13.1. The van der Waals surface area contributed by atoms with Gasteiger partial charge >= 0.3 is 0 Å². The van der Waals surface area contributed by atoms with Crippen LogP contribution >= 0.6 is 27.5 Å². The molecule has 6 heteroatoms. The molecule has 18 heavy (non-hydrogen) atoms. The van der Waals surface area contributed by atoms with Gasteiger partial charge < -0.3 is 0 Å². The molecule has 0 N–H and O–H groups in total. The van der Waals surface area contributed by atoms with E-state index < -0.39 is 0 Å². The molecule has 0 saturated heterocycles. The van der Waals surface area contributed by atoms with Crippen LogP contribution in [0.4, 0.5) is 4.39 Å². The molecule has 0 aliphatic heterocycles. The number of rotatable bonds is 4. The summed E-state index contributed by atoms with van der Waals surface area (Å²) in [6, 6.07) is 4.62. The van der Waals surface area contributed by atoms with Gasteiger partial charge in [0.2, 0.25) is 0 Å². The summed E-state index contributed by atoms with van der Waals surface area (Å²) in [5, 5.41) is 8.42. The van der Waals surface area contributed by atoms with E-state index in [1.54, 1.807) is 16.8 Å². The van der Waals surface area contributed by atoms with Crippen molar-refractivity contribution in [3.8, 4) is 0 Å². The van der Waals surface area contributed by atoms with Crippen molar-refractivity contribution in [3.63, 3.8) is 0 Å². The minimum Gasteiger partial charge on any atom is -0.248 e. The zero-order valence-corrected chi connectivity index (χ0v) is 12.1. The van der Waals surface area contributed by atoms with E-state index in [2.05, 4.69) is 33.2 Å². The Labute approximate surface area is 118 Å². The van der Waals surface area contributed by atoms with Crippen molar-refractivity contribution in [2.75, 3.05) is 0 Å². The van der Waals surface area contributed by atoms with Crippen LogP contribution in [0.3, 0.4) is 0 Å². The van der Waals surface area contributed by atoms with Gasteiger partial charge in [-0.25, -0.2) is 9.07 Å². The number of hydrogen-bond acceptors (Lipinski definition) is 2. The first-order chi connectivity index (χ1) is 8.60. The molecule has 0 radical (unpaired) electrons. The molecule has 3 nitrogen and oxygen atoms in total. The van der Waals surface area contributed by atoms with Gasteiger partial charge in [0.25, 0.3) is 0 Å². The molecule has 1 heterocycles. The summed E-state index contributed by atoms with van der Waals surface area (Å²) < 4.78 is 15.2. The summed E-state index contributed by atoms with van der Waals surface area (Å²) in [6.45, 7) is 2.40. The molecule has 96 valence electrons. The van der Waals surface area contributed by atoms with Crippen LogP contribution in [-0.2, 0) is 6.54 Å². The van der Waals surface area contributed by atoms with Gasteiger partial charge in [0.05, 0.1) is 17.1 Å². The summed E-state index contributed by atoms with van der Waals surface area (Å²) in [6.07, 6.45) is 2.74. The predicted molar refractivity (Wildman–Crippen MR) is 72.5 cm³/mol. The van der Waals surface area contributed by atoms with E-state index in [0.29, 0.717) is 17.1 Å². The number of hydrogen-bond donors (Lipinski definition) is 0. The Morgan fingerprint density at radius 3 is 2.94 bits per heavy atom. The molecule has 2 aromatic rings. The van der Waals surface area contributed by atoms with Crippen molar-refractivity contribution >= 4 is 27.5 Å². The van der Waals surface area contributed by atoms with Crippen LogP contribution in [0.15, 0.2) is 24.4 Å². The molecule has 0 bridgehead atoms. The number of aromatic nitrogens is 3. The van der Waals surface area contributed by atoms with Crippen LogP contribution in [0.1, 0.15) is 29.4 Å². The molecule has 2 rings (SSSR count). The van der Waals surface area contributed by atoms with E-state index in [1.807, 2.05) is 6.20 Å². The zero-order valence-electron chi connectivity index (χ0n) is 9.78. The fourth-order valence-corrected chi connectivity index (χ4v) is 1.94. The first-order valence-corrected chi connectivity index (χ1v) is 6.87. The highest BCUT2D eigenvalue weighted by atomic mass is 79.9. The number of nitrogens with zero attached hydrogens (tertiary/aromatic N) is 3. The lowest BCUT2D eigenvalue weighted by Gasteiger charge is -2.03. The van der Waals surface area contributed by atoms with Gasteiger partial charge in [-0.05, 0) is 18.6 Å². The third-order valence-electron chi connectivity index (χ3n) is 2.58. The third-order valence-corrected chi connectivity index (χ3v) is 3.93. The lowest BCUT2D eigenvalue weighted by Crippen LogP contribution is -2.02. The monoisotopic (exact) mass is 331 g/mol. The van der Waals surface area contributed by atoms with Crippen LogP contribution in [0, 0.1) is 5.82 Å². The maximum atomic E-state index is 13.6. The van der Waals surface area contributed by atoms with E-state index >= 15 is 0 Å². The molecule has 0 amide bonds. The highest BCUT2D eigenvalue weighted by Crippen LogP contribution is 2.23. The number of alkyl halides is 1. The fraction of sp³-hybridized carbons (Fsp3) is 0.333. The molecule has 1 aromatic heterocycles. The summed E-state index contributed by atoms with van der Waals surface area (Å²) in [4.78, 5) is 0.182.